The van der Waals surface area contributed by atoms with Crippen LogP contribution < -0.4 is 10.1 Å². The number of hydrogen-bond donors (Lipinski definition) is 1. The largest absolute Gasteiger partial charge is 0.495 e. The Morgan fingerprint density at radius 2 is 2.14 bits per heavy atom. The first kappa shape index (κ1) is 18.9. The molecule has 4 rings (SSSR count). The van der Waals surface area contributed by atoms with E-state index < -0.39 is 6.04 Å². The average molecular weight is 393 g/mol. The number of nitrogens with one attached hydrogen (secondary N) is 1. The second-order valence-electron chi connectivity index (χ2n) is 7.07. The van der Waals surface area contributed by atoms with Crippen molar-refractivity contribution in [3.05, 3.63) is 49.1 Å². The van der Waals surface area contributed by atoms with Crippen molar-refractivity contribution in [1.82, 2.24) is 9.80 Å². The number of carbonyl (C=O) groups is 2. The number of likely N-dealkylation sites (tertiary alicyclic amines) is 1. The molecule has 0 bridgehead atoms. The summed E-state index contributed by atoms with van der Waals surface area (Å²) in [6.07, 6.45) is 2.28. The quantitative estimate of drug-likeness (QED) is 0.668. The van der Waals surface area contributed by atoms with Gasteiger partial charge in [0.25, 0.3) is 0 Å². The number of hydrogen-bond acceptors (Lipinski definition) is 4. The van der Waals surface area contributed by atoms with Crippen LogP contribution in [0.15, 0.2) is 53.5 Å². The summed E-state index contributed by atoms with van der Waals surface area (Å²) in [6, 6.07) is 10.5. The van der Waals surface area contributed by atoms with E-state index in [-0.39, 0.29) is 11.9 Å². The van der Waals surface area contributed by atoms with Gasteiger partial charge < -0.3 is 24.3 Å². The van der Waals surface area contributed by atoms with Gasteiger partial charge in [0.15, 0.2) is 0 Å². The number of para-hydroxylation sites is 1. The van der Waals surface area contributed by atoms with Crippen molar-refractivity contribution < 1.29 is 18.7 Å². The molecule has 3 amide bonds. The number of likely N-dealkylation sites (N-methyl/N-ethyl adjacent to an activating group) is 1. The molecule has 0 unspecified atom stereocenters. The number of ether oxygens (including phenoxy) is 1. The number of anilines is 1. The van der Waals surface area contributed by atoms with Gasteiger partial charge in [0.1, 0.15) is 23.0 Å². The number of methoxy groups -OCH3 is 1. The van der Waals surface area contributed by atoms with Gasteiger partial charge in [0.05, 0.1) is 12.8 Å². The fourth-order valence-corrected chi connectivity index (χ4v) is 3.78. The molecule has 1 saturated heterocycles. The van der Waals surface area contributed by atoms with Crippen LogP contribution >= 0.6 is 0 Å². The Morgan fingerprint density at radius 3 is 2.90 bits per heavy atom. The van der Waals surface area contributed by atoms with Crippen LogP contribution in [0.5, 0.6) is 5.75 Å². The standard InChI is InChI=1S/C22H23N3O4/c1-4-10-25-11-9-17(21(25)26)24(2)22(27)23-16-13-19-15(12-20(16)28-3)14-7-5-6-8-18(14)29-19/h4-8,12-13,17H,1,9-11H2,2-3H3,(H,23,27)/t17-/m1/s1. The third-order valence-electron chi connectivity index (χ3n) is 5.35. The Balaban J connectivity index is 1.59. The maximum Gasteiger partial charge on any atom is 0.322 e. The first-order valence-electron chi connectivity index (χ1n) is 9.46. The van der Waals surface area contributed by atoms with Crippen molar-refractivity contribution in [1.29, 1.82) is 0 Å². The average Bonchev–Trinajstić information content (AvgIpc) is 3.27. The minimum Gasteiger partial charge on any atom is -0.495 e. The first-order valence-corrected chi connectivity index (χ1v) is 9.46. The van der Waals surface area contributed by atoms with E-state index in [1.54, 1.807) is 31.2 Å². The monoisotopic (exact) mass is 393 g/mol. The summed E-state index contributed by atoms with van der Waals surface area (Å²) in [5.41, 5.74) is 1.91. The van der Waals surface area contributed by atoms with Gasteiger partial charge in [0, 0.05) is 37.0 Å². The van der Waals surface area contributed by atoms with Crippen molar-refractivity contribution in [2.24, 2.45) is 0 Å². The molecule has 1 N–H and O–H groups in total. The lowest BCUT2D eigenvalue weighted by Crippen LogP contribution is -2.44. The van der Waals surface area contributed by atoms with Crippen LogP contribution in [0.3, 0.4) is 0 Å². The maximum absolute atomic E-state index is 12.8. The smallest absolute Gasteiger partial charge is 0.322 e. The lowest BCUT2D eigenvalue weighted by atomic mass is 10.1. The second kappa shape index (κ2) is 7.50. The van der Waals surface area contributed by atoms with Crippen LogP contribution in [0.1, 0.15) is 6.42 Å². The van der Waals surface area contributed by atoms with Crippen molar-refractivity contribution in [3.8, 4) is 5.75 Å². The van der Waals surface area contributed by atoms with E-state index in [4.69, 9.17) is 9.15 Å². The summed E-state index contributed by atoms with van der Waals surface area (Å²) in [6.45, 7) is 4.77. The van der Waals surface area contributed by atoms with Gasteiger partial charge in [-0.15, -0.1) is 6.58 Å². The summed E-state index contributed by atoms with van der Waals surface area (Å²) < 4.78 is 11.4. The molecule has 1 atom stereocenters. The van der Waals surface area contributed by atoms with Crippen LogP contribution in [0.25, 0.3) is 21.9 Å². The highest BCUT2D eigenvalue weighted by molar-refractivity contribution is 6.07. The van der Waals surface area contributed by atoms with E-state index in [9.17, 15) is 9.59 Å². The molecule has 7 heteroatoms. The van der Waals surface area contributed by atoms with E-state index in [1.807, 2.05) is 30.3 Å². The summed E-state index contributed by atoms with van der Waals surface area (Å²) in [5, 5.41) is 4.75. The topological polar surface area (TPSA) is 75.0 Å². The van der Waals surface area contributed by atoms with Gasteiger partial charge >= 0.3 is 6.03 Å². The predicted octanol–water partition coefficient (Wildman–Crippen LogP) is 3.85. The molecular weight excluding hydrogens is 370 g/mol. The molecule has 29 heavy (non-hydrogen) atoms. The van der Waals surface area contributed by atoms with Crippen molar-refractivity contribution in [3.63, 3.8) is 0 Å². The number of urea groups is 1. The van der Waals surface area contributed by atoms with Crippen molar-refractivity contribution in [2.45, 2.75) is 12.5 Å². The molecule has 2 aromatic carbocycles. The predicted molar refractivity (Wildman–Crippen MR) is 112 cm³/mol. The number of rotatable bonds is 5. The first-order chi connectivity index (χ1) is 14.0. The fraction of sp³-hybridized carbons (Fsp3) is 0.273. The van der Waals surface area contributed by atoms with E-state index in [0.29, 0.717) is 36.5 Å². The maximum atomic E-state index is 12.8. The highest BCUT2D eigenvalue weighted by Crippen LogP contribution is 2.36. The third-order valence-corrected chi connectivity index (χ3v) is 5.35. The van der Waals surface area contributed by atoms with Crippen molar-refractivity contribution in [2.75, 3.05) is 32.6 Å². The Hall–Kier alpha value is -3.48. The van der Waals surface area contributed by atoms with Crippen LogP contribution in [0.4, 0.5) is 10.5 Å². The Labute approximate surface area is 168 Å². The Morgan fingerprint density at radius 1 is 1.34 bits per heavy atom. The van der Waals surface area contributed by atoms with Gasteiger partial charge in [-0.2, -0.15) is 0 Å². The normalized spacial score (nSPS) is 16.4. The zero-order chi connectivity index (χ0) is 20.5. The van der Waals surface area contributed by atoms with Crippen LogP contribution in [0.2, 0.25) is 0 Å². The van der Waals surface area contributed by atoms with Gasteiger partial charge in [-0.1, -0.05) is 24.3 Å². The number of nitrogens with zero attached hydrogens (tertiary/aromatic N) is 2. The molecule has 0 aliphatic carbocycles. The number of amides is 3. The number of carbonyl (C=O) groups excluding carboxylic acids is 2. The summed E-state index contributed by atoms with van der Waals surface area (Å²) in [4.78, 5) is 28.5. The molecule has 1 aliphatic rings. The van der Waals surface area contributed by atoms with Crippen LogP contribution in [0, 0.1) is 0 Å². The van der Waals surface area contributed by atoms with E-state index in [2.05, 4.69) is 11.9 Å². The van der Waals surface area contributed by atoms with Crippen LogP contribution in [-0.4, -0.2) is 55.0 Å². The minimum absolute atomic E-state index is 0.0674. The molecule has 7 nitrogen and oxygen atoms in total. The fourth-order valence-electron chi connectivity index (χ4n) is 3.78. The van der Waals surface area contributed by atoms with Crippen molar-refractivity contribution >= 4 is 39.6 Å². The number of furan rings is 1. The molecule has 1 fully saturated rings. The Bertz CT molecular complexity index is 1100. The van der Waals surface area contributed by atoms with E-state index in [0.717, 1.165) is 16.4 Å². The molecule has 0 saturated carbocycles. The molecule has 0 radical (unpaired) electrons. The van der Waals surface area contributed by atoms with Gasteiger partial charge in [-0.05, 0) is 18.6 Å². The second-order valence-corrected chi connectivity index (χ2v) is 7.07. The molecular formula is C22H23N3O4. The SMILES string of the molecule is C=CCN1CC[C@@H](N(C)C(=O)Nc2cc3oc4ccccc4c3cc2OC)C1=O. The zero-order valence-corrected chi connectivity index (χ0v) is 16.5. The highest BCUT2D eigenvalue weighted by atomic mass is 16.5. The molecule has 1 aromatic heterocycles. The molecule has 2 heterocycles. The molecule has 3 aromatic rings. The van der Waals surface area contributed by atoms with Crippen LogP contribution in [-0.2, 0) is 4.79 Å². The Kier molecular flexibility index (Phi) is 4.88. The van der Waals surface area contributed by atoms with Gasteiger partial charge in [-0.25, -0.2) is 4.79 Å². The van der Waals surface area contributed by atoms with Gasteiger partial charge in [0.2, 0.25) is 5.91 Å². The zero-order valence-electron chi connectivity index (χ0n) is 16.5. The lowest BCUT2D eigenvalue weighted by Gasteiger charge is -2.24. The van der Waals surface area contributed by atoms with Gasteiger partial charge in [-0.3, -0.25) is 4.79 Å². The third kappa shape index (κ3) is 3.29. The molecule has 0 spiro atoms. The van der Waals surface area contributed by atoms with E-state index in [1.165, 1.54) is 4.90 Å². The summed E-state index contributed by atoms with van der Waals surface area (Å²) in [7, 11) is 3.18. The minimum atomic E-state index is -0.490. The molecule has 1 aliphatic heterocycles. The number of benzene rings is 2. The van der Waals surface area contributed by atoms with E-state index >= 15 is 0 Å². The lowest BCUT2D eigenvalue weighted by molar-refractivity contribution is -0.130. The highest BCUT2D eigenvalue weighted by Gasteiger charge is 2.36. The number of fused-ring (bicyclic) bond motifs is 3. The summed E-state index contributed by atoms with van der Waals surface area (Å²) >= 11 is 0. The summed E-state index contributed by atoms with van der Waals surface area (Å²) in [5.74, 6) is 0.457. The molecule has 150 valence electrons.